The molecule has 20 heavy (non-hydrogen) atoms. The molecule has 1 aliphatic rings. The number of carbonyl (C=O) groups is 1. The summed E-state index contributed by atoms with van der Waals surface area (Å²) in [6.07, 6.45) is -0.410. The molecule has 0 aliphatic carbocycles. The molecule has 1 aliphatic heterocycles. The largest absolute Gasteiger partial charge is 0.497 e. The van der Waals surface area contributed by atoms with E-state index in [9.17, 15) is 9.90 Å². The average molecular weight is 279 g/mol. The number of amides is 1. The first-order valence-corrected chi connectivity index (χ1v) is 6.63. The minimum Gasteiger partial charge on any atom is -0.497 e. The molecule has 5 nitrogen and oxygen atoms in total. The van der Waals surface area contributed by atoms with Gasteiger partial charge in [-0.25, -0.2) is 4.79 Å². The van der Waals surface area contributed by atoms with Gasteiger partial charge < -0.3 is 14.6 Å². The van der Waals surface area contributed by atoms with Crippen molar-refractivity contribution in [3.05, 3.63) is 29.3 Å². The van der Waals surface area contributed by atoms with Crippen molar-refractivity contribution in [2.24, 2.45) is 0 Å². The van der Waals surface area contributed by atoms with Gasteiger partial charge in [0.15, 0.2) is 0 Å². The molecule has 1 amide bonds. The molecular formula is C15H21NO4. The summed E-state index contributed by atoms with van der Waals surface area (Å²) in [7, 11) is 1.60. The molecule has 0 bridgehead atoms. The van der Waals surface area contributed by atoms with E-state index in [0.29, 0.717) is 6.54 Å². The Morgan fingerprint density at radius 1 is 1.45 bits per heavy atom. The van der Waals surface area contributed by atoms with Gasteiger partial charge in [0.2, 0.25) is 0 Å². The van der Waals surface area contributed by atoms with E-state index < -0.39 is 11.7 Å². The van der Waals surface area contributed by atoms with Gasteiger partial charge in [-0.2, -0.15) is 0 Å². The number of carbonyl (C=O) groups excluding carboxylic acids is 1. The number of fused-ring (bicyclic) bond motifs is 1. The van der Waals surface area contributed by atoms with Crippen molar-refractivity contribution in [2.75, 3.05) is 13.7 Å². The summed E-state index contributed by atoms with van der Waals surface area (Å²) in [5.41, 5.74) is 1.37. The molecule has 0 radical (unpaired) electrons. The molecule has 1 heterocycles. The number of aliphatic hydroxyl groups excluding tert-OH is 1. The molecule has 2 rings (SSSR count). The second-order valence-electron chi connectivity index (χ2n) is 5.87. The third kappa shape index (κ3) is 2.88. The zero-order chi connectivity index (χ0) is 14.9. The zero-order valence-electron chi connectivity index (χ0n) is 12.3. The van der Waals surface area contributed by atoms with E-state index in [0.717, 1.165) is 16.9 Å². The van der Waals surface area contributed by atoms with Crippen molar-refractivity contribution in [1.29, 1.82) is 0 Å². The molecule has 0 aromatic heterocycles. The number of ether oxygens (including phenoxy) is 2. The van der Waals surface area contributed by atoms with Crippen LogP contribution in [0.1, 0.15) is 37.9 Å². The maximum Gasteiger partial charge on any atom is 0.411 e. The van der Waals surface area contributed by atoms with Crippen molar-refractivity contribution in [3.63, 3.8) is 0 Å². The number of aliphatic hydroxyl groups is 1. The molecule has 1 atom stereocenters. The van der Waals surface area contributed by atoms with Gasteiger partial charge in [0.05, 0.1) is 26.3 Å². The average Bonchev–Trinajstić information content (AvgIpc) is 2.74. The Bertz CT molecular complexity index is 507. The van der Waals surface area contributed by atoms with Crippen LogP contribution < -0.4 is 4.74 Å². The zero-order valence-corrected chi connectivity index (χ0v) is 12.3. The van der Waals surface area contributed by atoms with Crippen LogP contribution in [0.25, 0.3) is 0 Å². The Kier molecular flexibility index (Phi) is 3.90. The molecule has 0 spiro atoms. The highest BCUT2D eigenvalue weighted by Crippen LogP contribution is 2.36. The van der Waals surface area contributed by atoms with Gasteiger partial charge in [0.25, 0.3) is 0 Å². The summed E-state index contributed by atoms with van der Waals surface area (Å²) in [4.78, 5) is 13.8. The molecule has 1 aromatic rings. The molecule has 0 fully saturated rings. The number of nitrogens with zero attached hydrogens (tertiary/aromatic N) is 1. The molecule has 1 aromatic carbocycles. The lowest BCUT2D eigenvalue weighted by molar-refractivity contribution is 0.0111. The van der Waals surface area contributed by atoms with Crippen LogP contribution in [0, 0.1) is 0 Å². The Hall–Kier alpha value is -1.75. The summed E-state index contributed by atoms with van der Waals surface area (Å²) in [6.45, 7) is 5.77. The fraction of sp³-hybridized carbons (Fsp3) is 0.533. The standard InChI is InChI=1S/C15H21NO4/c1-15(2,3)20-14(18)16-8-10-7-11(19-4)5-6-12(10)13(16)9-17/h5-7,13,17H,8-9H2,1-4H3/t13-/m0/s1. The predicted molar refractivity (Wildman–Crippen MR) is 74.6 cm³/mol. The van der Waals surface area contributed by atoms with Crippen LogP contribution in [0.2, 0.25) is 0 Å². The van der Waals surface area contributed by atoms with Crippen LogP contribution in [-0.4, -0.2) is 35.4 Å². The lowest BCUT2D eigenvalue weighted by Crippen LogP contribution is -2.36. The highest BCUT2D eigenvalue weighted by molar-refractivity contribution is 5.70. The van der Waals surface area contributed by atoms with Gasteiger partial charge in [-0.3, -0.25) is 4.90 Å². The number of hydrogen-bond acceptors (Lipinski definition) is 4. The summed E-state index contributed by atoms with van der Waals surface area (Å²) in [5, 5.41) is 9.58. The molecule has 0 saturated carbocycles. The summed E-state index contributed by atoms with van der Waals surface area (Å²) < 4.78 is 10.6. The van der Waals surface area contributed by atoms with Gasteiger partial charge in [0, 0.05) is 0 Å². The molecular weight excluding hydrogens is 258 g/mol. The fourth-order valence-electron chi connectivity index (χ4n) is 2.34. The van der Waals surface area contributed by atoms with E-state index >= 15 is 0 Å². The van der Waals surface area contributed by atoms with Crippen LogP contribution >= 0.6 is 0 Å². The molecule has 1 N–H and O–H groups in total. The summed E-state index contributed by atoms with van der Waals surface area (Å²) in [5.74, 6) is 0.742. The minimum absolute atomic E-state index is 0.126. The normalized spacial score (nSPS) is 17.9. The SMILES string of the molecule is COc1ccc2c(c1)CN(C(=O)OC(C)(C)C)[C@H]2CO. The molecule has 110 valence electrons. The Morgan fingerprint density at radius 3 is 2.70 bits per heavy atom. The van der Waals surface area contributed by atoms with E-state index in [2.05, 4.69) is 0 Å². The van der Waals surface area contributed by atoms with Crippen molar-refractivity contribution >= 4 is 6.09 Å². The van der Waals surface area contributed by atoms with Crippen LogP contribution in [0.4, 0.5) is 4.79 Å². The van der Waals surface area contributed by atoms with Crippen molar-refractivity contribution in [3.8, 4) is 5.75 Å². The highest BCUT2D eigenvalue weighted by atomic mass is 16.6. The summed E-state index contributed by atoms with van der Waals surface area (Å²) >= 11 is 0. The Labute approximate surface area is 119 Å². The van der Waals surface area contributed by atoms with Crippen molar-refractivity contribution in [1.82, 2.24) is 4.90 Å². The molecule has 0 unspecified atom stereocenters. The van der Waals surface area contributed by atoms with Gasteiger partial charge >= 0.3 is 6.09 Å². The maximum atomic E-state index is 12.2. The van der Waals surface area contributed by atoms with E-state index in [1.807, 2.05) is 39.0 Å². The molecule has 0 saturated heterocycles. The second-order valence-corrected chi connectivity index (χ2v) is 5.87. The first-order valence-electron chi connectivity index (χ1n) is 6.63. The number of rotatable bonds is 2. The number of benzene rings is 1. The third-order valence-corrected chi connectivity index (χ3v) is 3.23. The van der Waals surface area contributed by atoms with Crippen molar-refractivity contribution < 1.29 is 19.4 Å². The van der Waals surface area contributed by atoms with Crippen LogP contribution in [-0.2, 0) is 11.3 Å². The first kappa shape index (κ1) is 14.7. The number of methoxy groups -OCH3 is 1. The van der Waals surface area contributed by atoms with Crippen LogP contribution in [0.5, 0.6) is 5.75 Å². The minimum atomic E-state index is -0.552. The summed E-state index contributed by atoms with van der Waals surface area (Å²) in [6, 6.07) is 5.26. The quantitative estimate of drug-likeness (QED) is 0.903. The van der Waals surface area contributed by atoms with Gasteiger partial charge in [0.1, 0.15) is 11.4 Å². The Morgan fingerprint density at radius 2 is 2.15 bits per heavy atom. The van der Waals surface area contributed by atoms with E-state index in [-0.39, 0.29) is 12.6 Å². The van der Waals surface area contributed by atoms with Crippen molar-refractivity contribution in [2.45, 2.75) is 39.0 Å². The number of hydrogen-bond donors (Lipinski definition) is 1. The monoisotopic (exact) mass is 279 g/mol. The highest BCUT2D eigenvalue weighted by Gasteiger charge is 2.35. The lowest BCUT2D eigenvalue weighted by atomic mass is 10.1. The van der Waals surface area contributed by atoms with Crippen LogP contribution in [0.15, 0.2) is 18.2 Å². The van der Waals surface area contributed by atoms with E-state index in [1.165, 1.54) is 0 Å². The maximum absolute atomic E-state index is 12.2. The smallest absolute Gasteiger partial charge is 0.411 e. The fourth-order valence-corrected chi connectivity index (χ4v) is 2.34. The van der Waals surface area contributed by atoms with Gasteiger partial charge in [-0.1, -0.05) is 6.07 Å². The first-order chi connectivity index (χ1) is 9.35. The van der Waals surface area contributed by atoms with Crippen LogP contribution in [0.3, 0.4) is 0 Å². The van der Waals surface area contributed by atoms with E-state index in [1.54, 1.807) is 12.0 Å². The third-order valence-electron chi connectivity index (χ3n) is 3.23. The van der Waals surface area contributed by atoms with E-state index in [4.69, 9.17) is 9.47 Å². The lowest BCUT2D eigenvalue weighted by Gasteiger charge is -2.27. The second kappa shape index (κ2) is 5.32. The Balaban J connectivity index is 2.24. The predicted octanol–water partition coefficient (Wildman–Crippen LogP) is 2.48. The molecule has 5 heteroatoms. The van der Waals surface area contributed by atoms with Gasteiger partial charge in [-0.15, -0.1) is 0 Å². The topological polar surface area (TPSA) is 59.0 Å². The van der Waals surface area contributed by atoms with Gasteiger partial charge in [-0.05, 0) is 44.0 Å².